The van der Waals surface area contributed by atoms with Crippen molar-refractivity contribution in [2.24, 2.45) is 0 Å². The summed E-state index contributed by atoms with van der Waals surface area (Å²) in [5.41, 5.74) is 0. The van der Waals surface area contributed by atoms with Crippen molar-refractivity contribution < 1.29 is 24.6 Å². The SMILES string of the molecule is CC(=O)N[C@@H](CS)C(=O)O.O=C(O)N1CCCCCC1. The molecule has 0 saturated carbocycles. The van der Waals surface area contributed by atoms with Gasteiger partial charge < -0.3 is 20.4 Å². The summed E-state index contributed by atoms with van der Waals surface area (Å²) >= 11 is 3.73. The Balaban J connectivity index is 0.000000361. The second-order valence-corrected chi connectivity index (χ2v) is 4.82. The van der Waals surface area contributed by atoms with E-state index in [2.05, 4.69) is 17.9 Å². The molecule has 1 rings (SSSR count). The Kier molecular flexibility index (Phi) is 9.61. The Hall–Kier alpha value is -1.44. The summed E-state index contributed by atoms with van der Waals surface area (Å²) in [4.78, 5) is 32.5. The molecule has 3 N–H and O–H groups in total. The van der Waals surface area contributed by atoms with E-state index in [9.17, 15) is 14.4 Å². The van der Waals surface area contributed by atoms with Crippen LogP contribution in [0.4, 0.5) is 4.79 Å². The average molecular weight is 306 g/mol. The third-order valence-electron chi connectivity index (χ3n) is 2.73. The lowest BCUT2D eigenvalue weighted by Crippen LogP contribution is -2.40. The van der Waals surface area contributed by atoms with Gasteiger partial charge in [-0.2, -0.15) is 12.6 Å². The molecular formula is C12H22N2O5S. The molecule has 0 radical (unpaired) electrons. The molecule has 1 aliphatic heterocycles. The third-order valence-corrected chi connectivity index (χ3v) is 3.10. The van der Waals surface area contributed by atoms with Gasteiger partial charge in [0.15, 0.2) is 0 Å². The molecule has 1 atom stereocenters. The van der Waals surface area contributed by atoms with Gasteiger partial charge in [0.1, 0.15) is 6.04 Å². The molecule has 0 spiro atoms. The van der Waals surface area contributed by atoms with Gasteiger partial charge in [0, 0.05) is 25.8 Å². The Morgan fingerprint density at radius 3 is 1.90 bits per heavy atom. The summed E-state index contributed by atoms with van der Waals surface area (Å²) in [7, 11) is 0. The Morgan fingerprint density at radius 1 is 1.15 bits per heavy atom. The first kappa shape index (κ1) is 18.6. The van der Waals surface area contributed by atoms with Gasteiger partial charge in [0.2, 0.25) is 5.91 Å². The van der Waals surface area contributed by atoms with Crippen molar-refractivity contribution in [1.82, 2.24) is 10.2 Å². The van der Waals surface area contributed by atoms with E-state index in [-0.39, 0.29) is 11.7 Å². The van der Waals surface area contributed by atoms with Crippen molar-refractivity contribution in [1.29, 1.82) is 0 Å². The topological polar surface area (TPSA) is 107 Å². The minimum atomic E-state index is -1.06. The van der Waals surface area contributed by atoms with Crippen molar-refractivity contribution >= 4 is 30.6 Å². The predicted octanol–water partition coefficient (Wildman–Crippen LogP) is 1.05. The summed E-state index contributed by atoms with van der Waals surface area (Å²) in [6, 6.07) is -0.874. The molecule has 0 unspecified atom stereocenters. The number of nitrogens with zero attached hydrogens (tertiary/aromatic N) is 1. The summed E-state index contributed by atoms with van der Waals surface area (Å²) in [6.07, 6.45) is 3.67. The van der Waals surface area contributed by atoms with Gasteiger partial charge in [-0.05, 0) is 12.8 Å². The van der Waals surface area contributed by atoms with Gasteiger partial charge in [-0.15, -0.1) is 0 Å². The zero-order valence-electron chi connectivity index (χ0n) is 11.5. The first-order chi connectivity index (χ1) is 9.38. The maximum absolute atomic E-state index is 10.4. The van der Waals surface area contributed by atoms with E-state index in [1.54, 1.807) is 0 Å². The molecule has 0 aliphatic carbocycles. The van der Waals surface area contributed by atoms with E-state index in [0.717, 1.165) is 25.9 Å². The summed E-state index contributed by atoms with van der Waals surface area (Å²) < 4.78 is 0. The van der Waals surface area contributed by atoms with Gasteiger partial charge in [-0.3, -0.25) is 4.79 Å². The van der Waals surface area contributed by atoms with E-state index >= 15 is 0 Å². The number of amides is 2. The molecule has 1 fully saturated rings. The lowest BCUT2D eigenvalue weighted by molar-refractivity contribution is -0.140. The average Bonchev–Trinajstić information content (AvgIpc) is 2.65. The zero-order valence-corrected chi connectivity index (χ0v) is 12.4. The van der Waals surface area contributed by atoms with Crippen LogP contribution in [0, 0.1) is 0 Å². The number of aliphatic carboxylic acids is 1. The number of thiol groups is 1. The molecule has 20 heavy (non-hydrogen) atoms. The van der Waals surface area contributed by atoms with Crippen molar-refractivity contribution in [3.05, 3.63) is 0 Å². The van der Waals surface area contributed by atoms with Gasteiger partial charge in [0.25, 0.3) is 0 Å². The molecule has 0 aromatic rings. The van der Waals surface area contributed by atoms with E-state index in [1.165, 1.54) is 24.7 Å². The van der Waals surface area contributed by atoms with Crippen LogP contribution in [0.1, 0.15) is 32.6 Å². The molecule has 8 heteroatoms. The highest BCUT2D eigenvalue weighted by Crippen LogP contribution is 2.08. The minimum absolute atomic E-state index is 0.106. The first-order valence-corrected chi connectivity index (χ1v) is 7.10. The van der Waals surface area contributed by atoms with Crippen LogP contribution in [0.3, 0.4) is 0 Å². The van der Waals surface area contributed by atoms with E-state index in [0.29, 0.717) is 0 Å². The molecule has 7 nitrogen and oxygen atoms in total. The second-order valence-electron chi connectivity index (χ2n) is 4.46. The van der Waals surface area contributed by atoms with Crippen LogP contribution >= 0.6 is 12.6 Å². The van der Waals surface area contributed by atoms with Crippen LogP contribution < -0.4 is 5.32 Å². The highest BCUT2D eigenvalue weighted by molar-refractivity contribution is 7.80. The second kappa shape index (κ2) is 10.4. The number of rotatable bonds is 3. The molecule has 0 bridgehead atoms. The Bertz CT molecular complexity index is 330. The monoisotopic (exact) mass is 306 g/mol. The number of nitrogens with one attached hydrogen (secondary N) is 1. The van der Waals surface area contributed by atoms with Gasteiger partial charge in [-0.25, -0.2) is 9.59 Å². The number of hydrogen-bond donors (Lipinski definition) is 4. The first-order valence-electron chi connectivity index (χ1n) is 6.47. The number of hydrogen-bond acceptors (Lipinski definition) is 4. The van der Waals surface area contributed by atoms with E-state index in [1.807, 2.05) is 0 Å². The van der Waals surface area contributed by atoms with Gasteiger partial charge >= 0.3 is 12.1 Å². The third kappa shape index (κ3) is 8.63. The van der Waals surface area contributed by atoms with Crippen molar-refractivity contribution in [3.63, 3.8) is 0 Å². The predicted molar refractivity (Wildman–Crippen MR) is 77.2 cm³/mol. The van der Waals surface area contributed by atoms with Crippen LogP contribution in [-0.4, -0.2) is 58.0 Å². The maximum atomic E-state index is 10.4. The zero-order chi connectivity index (χ0) is 15.5. The van der Waals surface area contributed by atoms with Crippen LogP contribution in [-0.2, 0) is 9.59 Å². The van der Waals surface area contributed by atoms with Crippen molar-refractivity contribution in [2.45, 2.75) is 38.6 Å². The maximum Gasteiger partial charge on any atom is 0.407 e. The Labute approximate surface area is 123 Å². The smallest absolute Gasteiger partial charge is 0.407 e. The summed E-state index contributed by atoms with van der Waals surface area (Å²) in [5.74, 6) is -1.32. The molecule has 1 heterocycles. The molecule has 116 valence electrons. The van der Waals surface area contributed by atoms with Crippen LogP contribution in [0.15, 0.2) is 0 Å². The number of carboxylic acid groups (broad SMARTS) is 2. The molecule has 2 amide bonds. The van der Waals surface area contributed by atoms with E-state index < -0.39 is 18.1 Å². The van der Waals surface area contributed by atoms with Gasteiger partial charge in [-0.1, -0.05) is 12.8 Å². The number of likely N-dealkylation sites (tertiary alicyclic amines) is 1. The molecule has 0 aromatic heterocycles. The molecule has 1 aliphatic rings. The van der Waals surface area contributed by atoms with Crippen LogP contribution in [0.25, 0.3) is 0 Å². The van der Waals surface area contributed by atoms with Crippen molar-refractivity contribution in [3.8, 4) is 0 Å². The number of carboxylic acids is 1. The lowest BCUT2D eigenvalue weighted by atomic mass is 10.2. The summed E-state index contributed by atoms with van der Waals surface area (Å²) in [5, 5.41) is 19.2. The summed E-state index contributed by atoms with van der Waals surface area (Å²) in [6.45, 7) is 2.73. The molecular weight excluding hydrogens is 284 g/mol. The quantitative estimate of drug-likeness (QED) is 0.583. The lowest BCUT2D eigenvalue weighted by Gasteiger charge is -2.14. The molecule has 0 aromatic carbocycles. The molecule has 1 saturated heterocycles. The van der Waals surface area contributed by atoms with Gasteiger partial charge in [0.05, 0.1) is 0 Å². The standard InChI is InChI=1S/C7H13NO2.C5H9NO3S/c9-7(10)8-5-3-1-2-4-6-8;1-3(7)6-4(2-10)5(8)9/h1-6H2,(H,9,10);4,10H,2H2,1H3,(H,6,7)(H,8,9)/t;4-/m.0/s1. The number of carbonyl (C=O) groups is 3. The van der Waals surface area contributed by atoms with Crippen LogP contribution in [0.5, 0.6) is 0 Å². The van der Waals surface area contributed by atoms with E-state index in [4.69, 9.17) is 10.2 Å². The largest absolute Gasteiger partial charge is 0.480 e. The fourth-order valence-corrected chi connectivity index (χ4v) is 1.94. The normalized spacial score (nSPS) is 16.2. The van der Waals surface area contributed by atoms with Crippen LogP contribution in [0.2, 0.25) is 0 Å². The van der Waals surface area contributed by atoms with Crippen molar-refractivity contribution in [2.75, 3.05) is 18.8 Å². The number of carbonyl (C=O) groups excluding carboxylic acids is 1. The fraction of sp³-hybridized carbons (Fsp3) is 0.750. The fourth-order valence-electron chi connectivity index (χ4n) is 1.69. The minimum Gasteiger partial charge on any atom is -0.480 e. The highest BCUT2D eigenvalue weighted by Gasteiger charge is 2.15. The Morgan fingerprint density at radius 2 is 1.65 bits per heavy atom. The highest BCUT2D eigenvalue weighted by atomic mass is 32.1.